The Morgan fingerprint density at radius 1 is 1.06 bits per heavy atom. The number of benzene rings is 2. The smallest absolute Gasteiger partial charge is 0.316 e. The highest BCUT2D eigenvalue weighted by molar-refractivity contribution is 5.78. The van der Waals surface area contributed by atoms with E-state index in [1.807, 2.05) is 30.3 Å². The molecule has 0 aliphatic carbocycles. The van der Waals surface area contributed by atoms with E-state index in [-0.39, 0.29) is 35.7 Å². The Morgan fingerprint density at radius 3 is 2.31 bits per heavy atom. The number of rotatable bonds is 11. The lowest BCUT2D eigenvalue weighted by Crippen LogP contribution is -3.00. The van der Waals surface area contributed by atoms with Gasteiger partial charge in [0.15, 0.2) is 0 Å². The molecular formula is C29H40BrNO4. The van der Waals surface area contributed by atoms with Gasteiger partial charge in [0.05, 0.1) is 38.9 Å². The molecule has 1 N–H and O–H groups in total. The number of fused-ring (bicyclic) bond motifs is 2. The maximum Gasteiger partial charge on any atom is 0.316 e. The van der Waals surface area contributed by atoms with Gasteiger partial charge in [-0.2, -0.15) is 0 Å². The zero-order chi connectivity index (χ0) is 24.0. The van der Waals surface area contributed by atoms with Gasteiger partial charge in [0.25, 0.3) is 0 Å². The summed E-state index contributed by atoms with van der Waals surface area (Å²) in [7, 11) is 2.39. The number of hydrogen-bond acceptors (Lipinski definition) is 4. The summed E-state index contributed by atoms with van der Waals surface area (Å²) in [5.41, 5.74) is 2.17. The average molecular weight is 547 g/mol. The monoisotopic (exact) mass is 545 g/mol. The molecule has 2 heterocycles. The van der Waals surface area contributed by atoms with Gasteiger partial charge in [-0.3, -0.25) is 4.79 Å². The second-order valence-corrected chi connectivity index (χ2v) is 10.2. The van der Waals surface area contributed by atoms with Crippen molar-refractivity contribution in [2.75, 3.05) is 26.8 Å². The van der Waals surface area contributed by atoms with Gasteiger partial charge >= 0.3 is 5.97 Å². The number of nitrogens with zero attached hydrogens (tertiary/aromatic N) is 1. The zero-order valence-corrected chi connectivity index (χ0v) is 22.7. The van der Waals surface area contributed by atoms with Crippen molar-refractivity contribution in [3.63, 3.8) is 0 Å². The number of aliphatic hydroxyl groups excluding tert-OH is 1. The molecule has 0 aromatic heterocycles. The fourth-order valence-electron chi connectivity index (χ4n) is 5.86. The van der Waals surface area contributed by atoms with E-state index in [4.69, 9.17) is 9.47 Å². The number of ether oxygens (including phenoxy) is 2. The molecule has 6 heteroatoms. The van der Waals surface area contributed by atoms with E-state index in [2.05, 4.69) is 38.2 Å². The highest BCUT2D eigenvalue weighted by Gasteiger charge is 2.52. The van der Waals surface area contributed by atoms with Gasteiger partial charge in [-0.25, -0.2) is 0 Å². The Kier molecular flexibility index (Phi) is 10.2. The predicted molar refractivity (Wildman–Crippen MR) is 134 cm³/mol. The summed E-state index contributed by atoms with van der Waals surface area (Å²) in [5, 5.41) is 9.82. The van der Waals surface area contributed by atoms with Crippen molar-refractivity contribution >= 4 is 5.97 Å². The normalized spacial score (nSPS) is 26.0. The summed E-state index contributed by atoms with van der Waals surface area (Å²) in [6.07, 6.45) is 7.45. The van der Waals surface area contributed by atoms with E-state index >= 15 is 0 Å². The second kappa shape index (κ2) is 12.9. The molecule has 0 amide bonds. The Bertz CT molecular complexity index is 906. The number of carbonyl (C=O) groups is 1. The molecule has 2 fully saturated rings. The predicted octanol–water partition coefficient (Wildman–Crippen LogP) is 1.87. The van der Waals surface area contributed by atoms with Crippen LogP contribution in [0.3, 0.4) is 0 Å². The van der Waals surface area contributed by atoms with Crippen LogP contribution < -0.4 is 21.7 Å². The lowest BCUT2D eigenvalue weighted by atomic mass is 9.95. The minimum Gasteiger partial charge on any atom is -1.00 e. The molecule has 0 unspecified atom stereocenters. The molecule has 0 saturated carbocycles. The van der Waals surface area contributed by atoms with Crippen LogP contribution in [0.5, 0.6) is 5.75 Å². The van der Waals surface area contributed by atoms with Crippen LogP contribution in [0.2, 0.25) is 0 Å². The standard InChI is InChI=1S/C29H40NO4.BrH/c1-3-4-18-33-26-14-10-22(11-15-26)16-17-30(2)24-12-13-25(30)20-27(19-24)34-29(32)28(21-31)23-8-6-5-7-9-23;/h5-11,14-15,24-25,27-28,31H,3-4,12-13,16-21H2,1-2H3;1H/q+1;/p-1/t24-,25-,27?,28-,30?;/m1./s1. The van der Waals surface area contributed by atoms with Crippen molar-refractivity contribution in [2.45, 2.75) is 76.0 Å². The Morgan fingerprint density at radius 2 is 1.71 bits per heavy atom. The van der Waals surface area contributed by atoms with Gasteiger partial charge in [-0.15, -0.1) is 0 Å². The number of likely N-dealkylation sites (N-methyl/N-ethyl adjacent to an activating group) is 1. The van der Waals surface area contributed by atoms with E-state index in [1.165, 1.54) is 18.4 Å². The van der Waals surface area contributed by atoms with E-state index in [9.17, 15) is 9.90 Å². The number of halogens is 1. The van der Waals surface area contributed by atoms with Crippen molar-refractivity contribution in [3.05, 3.63) is 65.7 Å². The first-order valence-electron chi connectivity index (χ1n) is 13.0. The van der Waals surface area contributed by atoms with E-state index in [1.54, 1.807) is 0 Å². The number of unbranched alkanes of at least 4 members (excludes halogenated alkanes) is 1. The fraction of sp³-hybridized carbons (Fsp3) is 0.552. The third-order valence-corrected chi connectivity index (χ3v) is 8.10. The van der Waals surface area contributed by atoms with E-state index in [0.717, 1.165) is 61.1 Å². The van der Waals surface area contributed by atoms with Crippen LogP contribution in [-0.4, -0.2) is 60.6 Å². The lowest BCUT2D eigenvalue weighted by Gasteiger charge is -2.47. The van der Waals surface area contributed by atoms with Crippen LogP contribution in [0.1, 0.15) is 62.5 Å². The number of aliphatic hydroxyl groups is 1. The number of piperidine rings is 1. The van der Waals surface area contributed by atoms with Crippen molar-refractivity contribution in [3.8, 4) is 5.75 Å². The Balaban J connectivity index is 0.00000342. The summed E-state index contributed by atoms with van der Waals surface area (Å²) < 4.78 is 12.8. The summed E-state index contributed by atoms with van der Waals surface area (Å²) in [6.45, 7) is 3.84. The van der Waals surface area contributed by atoms with Crippen molar-refractivity contribution in [1.29, 1.82) is 0 Å². The van der Waals surface area contributed by atoms with Crippen molar-refractivity contribution in [1.82, 2.24) is 0 Å². The number of quaternary nitrogens is 1. The molecule has 2 aromatic carbocycles. The molecule has 192 valence electrons. The summed E-state index contributed by atoms with van der Waals surface area (Å²) in [4.78, 5) is 12.9. The van der Waals surface area contributed by atoms with Crippen LogP contribution in [0.25, 0.3) is 0 Å². The van der Waals surface area contributed by atoms with E-state index in [0.29, 0.717) is 12.1 Å². The van der Waals surface area contributed by atoms with Gasteiger partial charge in [-0.05, 0) is 29.7 Å². The Hall–Kier alpha value is -1.89. The van der Waals surface area contributed by atoms with Crippen molar-refractivity contribution < 1.29 is 40.8 Å². The second-order valence-electron chi connectivity index (χ2n) is 10.2. The largest absolute Gasteiger partial charge is 1.00 e. The molecule has 0 radical (unpaired) electrons. The molecule has 5 nitrogen and oxygen atoms in total. The quantitative estimate of drug-likeness (QED) is 0.266. The molecule has 2 saturated heterocycles. The van der Waals surface area contributed by atoms with Gasteiger partial charge in [0, 0.05) is 32.1 Å². The SMILES string of the molecule is CCCCOc1ccc(CC[N+]2(C)[C@@H]3CC[C@@H]2CC(OC(=O)[C@H](CO)c2ccccc2)C3)cc1.[Br-]. The van der Waals surface area contributed by atoms with E-state index < -0.39 is 5.92 Å². The molecule has 2 bridgehead atoms. The average Bonchev–Trinajstić information content (AvgIpc) is 3.00. The van der Waals surface area contributed by atoms with Crippen molar-refractivity contribution in [2.24, 2.45) is 0 Å². The van der Waals surface area contributed by atoms with Crippen LogP contribution in [0, 0.1) is 0 Å². The zero-order valence-electron chi connectivity index (χ0n) is 21.1. The molecule has 0 spiro atoms. The van der Waals surface area contributed by atoms with Gasteiger partial charge in [0.2, 0.25) is 0 Å². The van der Waals surface area contributed by atoms with Gasteiger partial charge in [0.1, 0.15) is 17.8 Å². The lowest BCUT2D eigenvalue weighted by molar-refractivity contribution is -0.949. The minimum absolute atomic E-state index is 0. The number of carbonyl (C=O) groups excluding carboxylic acids is 1. The Labute approximate surface area is 220 Å². The molecule has 2 aromatic rings. The first-order chi connectivity index (χ1) is 16.5. The van der Waals surface area contributed by atoms with Crippen LogP contribution in [0.15, 0.2) is 54.6 Å². The minimum atomic E-state index is -0.601. The molecule has 3 atom stereocenters. The maximum absolute atomic E-state index is 12.9. The molecule has 2 aliphatic rings. The first-order valence-corrected chi connectivity index (χ1v) is 13.0. The highest BCUT2D eigenvalue weighted by Crippen LogP contribution is 2.42. The highest BCUT2D eigenvalue weighted by atomic mass is 79.9. The maximum atomic E-state index is 12.9. The van der Waals surface area contributed by atoms with Gasteiger partial charge < -0.3 is 36.0 Å². The molecule has 4 rings (SSSR count). The molecular weight excluding hydrogens is 506 g/mol. The summed E-state index contributed by atoms with van der Waals surface area (Å²) in [5.74, 6) is 0.0583. The van der Waals surface area contributed by atoms with Crippen LogP contribution in [0.4, 0.5) is 0 Å². The first kappa shape index (κ1) is 27.7. The summed E-state index contributed by atoms with van der Waals surface area (Å²) in [6, 6.07) is 19.1. The number of esters is 1. The summed E-state index contributed by atoms with van der Waals surface area (Å²) >= 11 is 0. The van der Waals surface area contributed by atoms with Crippen LogP contribution in [-0.2, 0) is 16.0 Å². The van der Waals surface area contributed by atoms with Gasteiger partial charge in [-0.1, -0.05) is 55.8 Å². The third-order valence-electron chi connectivity index (χ3n) is 8.10. The molecule has 2 aliphatic heterocycles. The molecule has 35 heavy (non-hydrogen) atoms. The van der Waals surface area contributed by atoms with Crippen LogP contribution >= 0.6 is 0 Å². The third kappa shape index (κ3) is 6.66. The topological polar surface area (TPSA) is 55.8 Å². The fourth-order valence-corrected chi connectivity index (χ4v) is 5.86. The number of hydrogen-bond donors (Lipinski definition) is 1.